The lowest BCUT2D eigenvalue weighted by Crippen LogP contribution is -2.31. The van der Waals surface area contributed by atoms with Gasteiger partial charge in [0.1, 0.15) is 0 Å². The molecule has 0 aliphatic heterocycles. The maximum Gasteiger partial charge on any atom is 0.220 e. The first-order chi connectivity index (χ1) is 5.95. The van der Waals surface area contributed by atoms with E-state index >= 15 is 0 Å². The third-order valence-corrected chi connectivity index (χ3v) is 2.29. The minimum Gasteiger partial charge on any atom is -0.355 e. The predicted octanol–water partition coefficient (Wildman–Crippen LogP) is -0.590. The molecule has 0 aliphatic rings. The number of hydrogen-bond donors (Lipinski definition) is 2. The van der Waals surface area contributed by atoms with Crippen LogP contribution in [-0.4, -0.2) is 32.5 Å². The molecule has 0 radical (unpaired) electrons. The predicted molar refractivity (Wildman–Crippen MR) is 50.9 cm³/mol. The molecule has 78 valence electrons. The first-order valence-corrected chi connectivity index (χ1v) is 6.04. The van der Waals surface area contributed by atoms with Gasteiger partial charge < -0.3 is 5.32 Å². The molecular weight excluding hydrogens is 216 g/mol. The maximum atomic E-state index is 10.9. The van der Waals surface area contributed by atoms with Crippen LogP contribution in [0.3, 0.4) is 0 Å². The van der Waals surface area contributed by atoms with E-state index in [1.807, 2.05) is 0 Å². The minimum absolute atomic E-state index is 0.0555. The molecule has 0 saturated heterocycles. The van der Waals surface area contributed by atoms with Crippen molar-refractivity contribution in [3.05, 3.63) is 0 Å². The Morgan fingerprint density at radius 1 is 1.46 bits per heavy atom. The second kappa shape index (κ2) is 6.17. The average molecular weight is 229 g/mol. The van der Waals surface area contributed by atoms with Gasteiger partial charge in [-0.3, -0.25) is 4.79 Å². The number of hydrogen-bond acceptors (Lipinski definition) is 3. The number of nitrogens with one attached hydrogen (secondary N) is 1. The van der Waals surface area contributed by atoms with E-state index in [0.717, 1.165) is 0 Å². The minimum atomic E-state index is -3.48. The lowest BCUT2D eigenvalue weighted by atomic mass is 10.3. The van der Waals surface area contributed by atoms with Gasteiger partial charge >= 0.3 is 0 Å². The van der Waals surface area contributed by atoms with Gasteiger partial charge in [-0.25, -0.2) is 13.6 Å². The summed E-state index contributed by atoms with van der Waals surface area (Å²) < 4.78 is 20.9. The Balaban J connectivity index is 3.49. The van der Waals surface area contributed by atoms with E-state index in [-0.39, 0.29) is 18.2 Å². The number of nitrogens with two attached hydrogens (primary N) is 1. The van der Waals surface area contributed by atoms with Crippen LogP contribution in [0.4, 0.5) is 0 Å². The van der Waals surface area contributed by atoms with E-state index in [1.165, 1.54) is 0 Å². The van der Waals surface area contributed by atoms with Crippen molar-refractivity contribution < 1.29 is 13.2 Å². The summed E-state index contributed by atoms with van der Waals surface area (Å²) in [5, 5.41) is 7.14. The van der Waals surface area contributed by atoms with E-state index in [4.69, 9.17) is 16.7 Å². The van der Waals surface area contributed by atoms with Crippen LogP contribution < -0.4 is 10.5 Å². The number of carbonyl (C=O) groups excluding carboxylic acids is 1. The molecule has 5 nitrogen and oxygen atoms in total. The van der Waals surface area contributed by atoms with Crippen LogP contribution in [0, 0.1) is 0 Å². The highest BCUT2D eigenvalue weighted by atomic mass is 35.5. The summed E-state index contributed by atoms with van der Waals surface area (Å²) >= 11 is 5.36. The number of halogens is 1. The van der Waals surface area contributed by atoms with Gasteiger partial charge in [0.05, 0.1) is 5.75 Å². The molecule has 0 unspecified atom stereocenters. The van der Waals surface area contributed by atoms with Crippen molar-refractivity contribution in [2.45, 2.75) is 12.8 Å². The van der Waals surface area contributed by atoms with Crippen molar-refractivity contribution in [3.63, 3.8) is 0 Å². The normalized spacial score (nSPS) is 11.2. The van der Waals surface area contributed by atoms with Gasteiger partial charge in [-0.2, -0.15) is 0 Å². The van der Waals surface area contributed by atoms with Crippen molar-refractivity contribution >= 4 is 27.5 Å². The van der Waals surface area contributed by atoms with Crippen LogP contribution in [0.15, 0.2) is 0 Å². The van der Waals surface area contributed by atoms with Gasteiger partial charge in [0, 0.05) is 18.8 Å². The zero-order valence-electron chi connectivity index (χ0n) is 7.12. The summed E-state index contributed by atoms with van der Waals surface area (Å²) in [4.78, 5) is 10.9. The Labute approximate surface area is 82.7 Å². The second-order valence-electron chi connectivity index (χ2n) is 2.51. The topological polar surface area (TPSA) is 89.3 Å². The first-order valence-electron chi connectivity index (χ1n) is 3.79. The quantitative estimate of drug-likeness (QED) is 0.596. The largest absolute Gasteiger partial charge is 0.355 e. The lowest BCUT2D eigenvalue weighted by Gasteiger charge is -2.02. The third kappa shape index (κ3) is 9.59. The summed E-state index contributed by atoms with van der Waals surface area (Å²) in [5.74, 6) is -0.0216. The number of alkyl halides is 1. The summed E-state index contributed by atoms with van der Waals surface area (Å²) in [7, 11) is -3.48. The Morgan fingerprint density at radius 3 is 2.54 bits per heavy atom. The van der Waals surface area contributed by atoms with E-state index in [9.17, 15) is 13.2 Å². The molecule has 0 aromatic heterocycles. The fraction of sp³-hybridized carbons (Fsp3) is 0.833. The highest BCUT2D eigenvalue weighted by Crippen LogP contribution is 1.90. The molecule has 0 heterocycles. The van der Waals surface area contributed by atoms with Gasteiger partial charge in [-0.1, -0.05) is 0 Å². The van der Waals surface area contributed by atoms with Gasteiger partial charge in [0.15, 0.2) is 0 Å². The Hall–Kier alpha value is -0.330. The summed E-state index contributed by atoms with van der Waals surface area (Å²) in [6.07, 6.45) is 0.900. The van der Waals surface area contributed by atoms with Gasteiger partial charge in [-0.05, 0) is 6.42 Å². The fourth-order valence-corrected chi connectivity index (χ4v) is 1.17. The first kappa shape index (κ1) is 12.7. The smallest absolute Gasteiger partial charge is 0.220 e. The highest BCUT2D eigenvalue weighted by Gasteiger charge is 2.04. The molecule has 0 aromatic carbocycles. The van der Waals surface area contributed by atoms with E-state index in [1.54, 1.807) is 0 Å². The van der Waals surface area contributed by atoms with Crippen LogP contribution in [0.25, 0.3) is 0 Å². The van der Waals surface area contributed by atoms with Crippen LogP contribution in [-0.2, 0) is 14.8 Å². The molecule has 0 aliphatic carbocycles. The molecule has 1 amide bonds. The number of carbonyl (C=O) groups is 1. The molecule has 0 saturated carbocycles. The zero-order chi connectivity index (χ0) is 10.3. The number of sulfonamides is 1. The van der Waals surface area contributed by atoms with Crippen LogP contribution in [0.1, 0.15) is 12.8 Å². The zero-order valence-corrected chi connectivity index (χ0v) is 8.70. The molecule has 13 heavy (non-hydrogen) atoms. The summed E-state index contributed by atoms with van der Waals surface area (Å²) in [6, 6.07) is 0. The summed E-state index contributed by atoms with van der Waals surface area (Å²) in [6.45, 7) is 0.0555. The third-order valence-electron chi connectivity index (χ3n) is 1.25. The monoisotopic (exact) mass is 228 g/mol. The Kier molecular flexibility index (Phi) is 6.02. The van der Waals surface area contributed by atoms with Crippen molar-refractivity contribution in [1.82, 2.24) is 5.32 Å². The number of rotatable bonds is 6. The Bertz CT molecular complexity index is 253. The molecule has 0 bridgehead atoms. The van der Waals surface area contributed by atoms with Crippen molar-refractivity contribution in [1.29, 1.82) is 0 Å². The average Bonchev–Trinajstić information content (AvgIpc) is 1.98. The van der Waals surface area contributed by atoms with Crippen LogP contribution in [0.5, 0.6) is 0 Å². The van der Waals surface area contributed by atoms with Crippen molar-refractivity contribution in [3.8, 4) is 0 Å². The van der Waals surface area contributed by atoms with E-state index in [0.29, 0.717) is 18.7 Å². The van der Waals surface area contributed by atoms with Crippen LogP contribution in [0.2, 0.25) is 0 Å². The van der Waals surface area contributed by atoms with Crippen LogP contribution >= 0.6 is 11.6 Å². The molecule has 0 atom stereocenters. The summed E-state index contributed by atoms with van der Waals surface area (Å²) in [5.41, 5.74) is 0. The molecule has 7 heteroatoms. The van der Waals surface area contributed by atoms with Gasteiger partial charge in [0.2, 0.25) is 15.9 Å². The molecule has 0 fully saturated rings. The standard InChI is InChI=1S/C6H13ClN2O3S/c7-3-1-2-6(10)9-4-5-13(8,11)12/h1-5H2,(H,9,10)(H2,8,11,12). The van der Waals surface area contributed by atoms with Crippen molar-refractivity contribution in [2.24, 2.45) is 5.14 Å². The molecule has 0 aromatic rings. The van der Waals surface area contributed by atoms with E-state index in [2.05, 4.69) is 5.32 Å². The molecule has 3 N–H and O–H groups in total. The van der Waals surface area contributed by atoms with Crippen molar-refractivity contribution in [2.75, 3.05) is 18.2 Å². The lowest BCUT2D eigenvalue weighted by molar-refractivity contribution is -0.120. The fourth-order valence-electron chi connectivity index (χ4n) is 0.648. The molecular formula is C6H13ClN2O3S. The maximum absolute atomic E-state index is 10.9. The van der Waals surface area contributed by atoms with Gasteiger partial charge in [0.25, 0.3) is 0 Å². The molecule has 0 spiro atoms. The Morgan fingerprint density at radius 2 is 2.08 bits per heavy atom. The number of amides is 1. The van der Waals surface area contributed by atoms with Gasteiger partial charge in [-0.15, -0.1) is 11.6 Å². The second-order valence-corrected chi connectivity index (χ2v) is 4.62. The van der Waals surface area contributed by atoms with E-state index < -0.39 is 10.0 Å². The highest BCUT2D eigenvalue weighted by molar-refractivity contribution is 7.89. The number of primary sulfonamides is 1. The molecule has 0 rings (SSSR count). The SMILES string of the molecule is NS(=O)(=O)CCNC(=O)CCCCl.